The molecule has 1 unspecified atom stereocenters. The van der Waals surface area contributed by atoms with Gasteiger partial charge in [-0.1, -0.05) is 6.07 Å². The molecule has 4 rings (SSSR count). The molecule has 0 radical (unpaired) electrons. The van der Waals surface area contributed by atoms with Crippen molar-refractivity contribution in [3.8, 4) is 0 Å². The van der Waals surface area contributed by atoms with Crippen LogP contribution in [-0.2, 0) is 6.54 Å². The molecular weight excluding hydrogens is 310 g/mol. The maximum Gasteiger partial charge on any atom is 0.152 e. The Labute approximate surface area is 148 Å². The Morgan fingerprint density at radius 3 is 2.96 bits per heavy atom. The zero-order chi connectivity index (χ0) is 17.2. The molecule has 130 valence electrons. The van der Waals surface area contributed by atoms with Crippen LogP contribution in [0.15, 0.2) is 49.1 Å². The monoisotopic (exact) mass is 335 g/mol. The van der Waals surface area contributed by atoms with Gasteiger partial charge in [-0.25, -0.2) is 4.98 Å². The number of piperidine rings is 1. The van der Waals surface area contributed by atoms with Crippen LogP contribution >= 0.6 is 0 Å². The summed E-state index contributed by atoms with van der Waals surface area (Å²) in [5.74, 6) is 1.53. The third-order valence-corrected chi connectivity index (χ3v) is 4.99. The van der Waals surface area contributed by atoms with Crippen molar-refractivity contribution in [1.29, 1.82) is 0 Å². The van der Waals surface area contributed by atoms with Gasteiger partial charge in [-0.3, -0.25) is 9.88 Å². The van der Waals surface area contributed by atoms with E-state index in [1.807, 2.05) is 18.5 Å². The lowest BCUT2D eigenvalue weighted by atomic mass is 9.94. The topological polar surface area (TPSA) is 36.7 Å². The highest BCUT2D eigenvalue weighted by Crippen LogP contribution is 2.29. The van der Waals surface area contributed by atoms with Crippen LogP contribution in [0.3, 0.4) is 0 Å². The number of hydrogen-bond donors (Lipinski definition) is 0. The Bertz CT molecular complexity index is 840. The van der Waals surface area contributed by atoms with Crippen molar-refractivity contribution in [2.75, 3.05) is 32.1 Å². The predicted octanol–water partition coefficient (Wildman–Crippen LogP) is 3.17. The molecule has 0 amide bonds. The van der Waals surface area contributed by atoms with E-state index in [-0.39, 0.29) is 0 Å². The molecule has 5 heteroatoms. The van der Waals surface area contributed by atoms with E-state index in [1.54, 1.807) is 0 Å². The SMILES string of the molecule is CN(C)c1nc(C2CCCN(Cc3cccnc3)C2)cn2cccc12. The zero-order valence-electron chi connectivity index (χ0n) is 15.0. The van der Waals surface area contributed by atoms with Crippen LogP contribution in [0.4, 0.5) is 5.82 Å². The standard InChI is InChI=1S/C20H25N5/c1-23(2)20-19-8-5-11-25(19)15-18(22-20)17-7-4-10-24(14-17)13-16-6-3-9-21-12-16/h3,5-6,8-9,11-12,15,17H,4,7,10,13-14H2,1-2H3. The number of fused-ring (bicyclic) bond motifs is 1. The fourth-order valence-corrected chi connectivity index (χ4v) is 3.76. The fourth-order valence-electron chi connectivity index (χ4n) is 3.76. The van der Waals surface area contributed by atoms with Gasteiger partial charge < -0.3 is 9.30 Å². The maximum atomic E-state index is 5.00. The molecule has 5 nitrogen and oxygen atoms in total. The Morgan fingerprint density at radius 1 is 1.24 bits per heavy atom. The average Bonchev–Trinajstić information content (AvgIpc) is 3.10. The smallest absolute Gasteiger partial charge is 0.152 e. The van der Waals surface area contributed by atoms with Gasteiger partial charge in [0.05, 0.1) is 11.2 Å². The summed E-state index contributed by atoms with van der Waals surface area (Å²) < 4.78 is 2.21. The van der Waals surface area contributed by atoms with Crippen LogP contribution < -0.4 is 4.90 Å². The van der Waals surface area contributed by atoms with Crippen LogP contribution in [0, 0.1) is 0 Å². The highest BCUT2D eigenvalue weighted by Gasteiger charge is 2.24. The minimum atomic E-state index is 0.482. The molecule has 0 aliphatic carbocycles. The molecule has 0 saturated carbocycles. The Hall–Kier alpha value is -2.40. The van der Waals surface area contributed by atoms with Crippen molar-refractivity contribution in [3.63, 3.8) is 0 Å². The molecule has 0 N–H and O–H groups in total. The summed E-state index contributed by atoms with van der Waals surface area (Å²) in [6, 6.07) is 8.39. The van der Waals surface area contributed by atoms with E-state index in [1.165, 1.54) is 24.1 Å². The summed E-state index contributed by atoms with van der Waals surface area (Å²) in [5.41, 5.74) is 3.64. The third kappa shape index (κ3) is 3.37. The normalized spacial score (nSPS) is 18.6. The second-order valence-electron chi connectivity index (χ2n) is 7.12. The fraction of sp³-hybridized carbons (Fsp3) is 0.400. The number of rotatable bonds is 4. The third-order valence-electron chi connectivity index (χ3n) is 4.99. The molecule has 1 fully saturated rings. The van der Waals surface area contributed by atoms with Gasteiger partial charge in [-0.15, -0.1) is 0 Å². The molecule has 0 spiro atoms. The van der Waals surface area contributed by atoms with Crippen LogP contribution in [0.5, 0.6) is 0 Å². The van der Waals surface area contributed by atoms with Crippen molar-refractivity contribution in [3.05, 3.63) is 60.3 Å². The lowest BCUT2D eigenvalue weighted by molar-refractivity contribution is 0.198. The Kier molecular flexibility index (Phi) is 4.40. The first kappa shape index (κ1) is 16.1. The largest absolute Gasteiger partial charge is 0.361 e. The van der Waals surface area contributed by atoms with E-state index in [0.29, 0.717) is 5.92 Å². The number of anilines is 1. The van der Waals surface area contributed by atoms with E-state index < -0.39 is 0 Å². The highest BCUT2D eigenvalue weighted by atomic mass is 15.2. The van der Waals surface area contributed by atoms with E-state index in [0.717, 1.165) is 31.0 Å². The number of nitrogens with zero attached hydrogens (tertiary/aromatic N) is 5. The highest BCUT2D eigenvalue weighted by molar-refractivity contribution is 5.69. The number of likely N-dealkylation sites (tertiary alicyclic amines) is 1. The summed E-state index contributed by atoms with van der Waals surface area (Å²) in [5, 5.41) is 0. The average molecular weight is 335 g/mol. The van der Waals surface area contributed by atoms with Crippen LogP contribution in [0.1, 0.15) is 30.0 Å². The van der Waals surface area contributed by atoms with Gasteiger partial charge in [0.2, 0.25) is 0 Å². The summed E-state index contributed by atoms with van der Waals surface area (Å²) >= 11 is 0. The molecule has 1 atom stereocenters. The maximum absolute atomic E-state index is 5.00. The van der Waals surface area contributed by atoms with Crippen LogP contribution in [0.25, 0.3) is 5.52 Å². The van der Waals surface area contributed by atoms with Gasteiger partial charge in [-0.05, 0) is 43.1 Å². The second-order valence-corrected chi connectivity index (χ2v) is 7.12. The summed E-state index contributed by atoms with van der Waals surface area (Å²) in [7, 11) is 4.13. The molecule has 1 saturated heterocycles. The minimum Gasteiger partial charge on any atom is -0.361 e. The first-order chi connectivity index (χ1) is 12.2. The van der Waals surface area contributed by atoms with Gasteiger partial charge in [0, 0.05) is 57.9 Å². The zero-order valence-corrected chi connectivity index (χ0v) is 15.0. The van der Waals surface area contributed by atoms with Gasteiger partial charge in [0.15, 0.2) is 5.82 Å². The molecule has 3 aromatic heterocycles. The summed E-state index contributed by atoms with van der Waals surface area (Å²) in [4.78, 5) is 13.9. The Morgan fingerprint density at radius 2 is 2.16 bits per heavy atom. The number of hydrogen-bond acceptors (Lipinski definition) is 4. The van der Waals surface area contributed by atoms with Gasteiger partial charge in [0.1, 0.15) is 0 Å². The quantitative estimate of drug-likeness (QED) is 0.734. The predicted molar refractivity (Wildman–Crippen MR) is 101 cm³/mol. The Balaban J connectivity index is 1.57. The number of pyridine rings is 1. The minimum absolute atomic E-state index is 0.482. The van der Waals surface area contributed by atoms with Crippen LogP contribution in [-0.4, -0.2) is 46.5 Å². The van der Waals surface area contributed by atoms with Gasteiger partial charge in [-0.2, -0.15) is 0 Å². The van der Waals surface area contributed by atoms with Crippen molar-refractivity contribution in [1.82, 2.24) is 19.3 Å². The first-order valence-corrected chi connectivity index (χ1v) is 8.97. The molecule has 0 bridgehead atoms. The molecular formula is C20H25N5. The van der Waals surface area contributed by atoms with E-state index in [2.05, 4.69) is 63.9 Å². The molecule has 3 aromatic rings. The van der Waals surface area contributed by atoms with E-state index >= 15 is 0 Å². The lowest BCUT2D eigenvalue weighted by Gasteiger charge is -2.32. The molecule has 1 aliphatic heterocycles. The van der Waals surface area contributed by atoms with Crippen molar-refractivity contribution >= 4 is 11.3 Å². The molecule has 4 heterocycles. The summed E-state index contributed by atoms with van der Waals surface area (Å²) in [6.45, 7) is 3.18. The lowest BCUT2D eigenvalue weighted by Crippen LogP contribution is -2.34. The second kappa shape index (κ2) is 6.84. The van der Waals surface area contributed by atoms with E-state index in [4.69, 9.17) is 4.98 Å². The van der Waals surface area contributed by atoms with Gasteiger partial charge >= 0.3 is 0 Å². The van der Waals surface area contributed by atoms with E-state index in [9.17, 15) is 0 Å². The first-order valence-electron chi connectivity index (χ1n) is 8.97. The van der Waals surface area contributed by atoms with Crippen molar-refractivity contribution in [2.24, 2.45) is 0 Å². The van der Waals surface area contributed by atoms with Gasteiger partial charge in [0.25, 0.3) is 0 Å². The van der Waals surface area contributed by atoms with Crippen molar-refractivity contribution < 1.29 is 0 Å². The summed E-state index contributed by atoms with van der Waals surface area (Å²) in [6.07, 6.45) is 10.5. The molecule has 1 aliphatic rings. The van der Waals surface area contributed by atoms with Crippen LogP contribution in [0.2, 0.25) is 0 Å². The number of aromatic nitrogens is 3. The molecule has 25 heavy (non-hydrogen) atoms. The van der Waals surface area contributed by atoms with Crippen molar-refractivity contribution in [2.45, 2.75) is 25.3 Å². The molecule has 0 aromatic carbocycles.